The van der Waals surface area contributed by atoms with Gasteiger partial charge in [-0.1, -0.05) is 13.3 Å². The van der Waals surface area contributed by atoms with E-state index in [9.17, 15) is 0 Å². The van der Waals surface area contributed by atoms with E-state index in [1.165, 1.54) is 37.1 Å². The van der Waals surface area contributed by atoms with Crippen LogP contribution in [0.5, 0.6) is 0 Å². The van der Waals surface area contributed by atoms with E-state index >= 15 is 0 Å². The maximum Gasteiger partial charge on any atom is 0.191 e. The number of aromatic nitrogens is 2. The Hall–Kier alpha value is -0.830. The number of aryl methyl sites for hydroxylation is 1. The number of halogens is 1. The molecule has 2 unspecified atom stereocenters. The minimum Gasteiger partial charge on any atom is -0.355 e. The minimum absolute atomic E-state index is 0. The van der Waals surface area contributed by atoms with E-state index in [0.717, 1.165) is 38.3 Å². The lowest BCUT2D eigenvalue weighted by Gasteiger charge is -2.35. The lowest BCUT2D eigenvalue weighted by molar-refractivity contribution is 0.157. The Morgan fingerprint density at radius 2 is 2.15 bits per heavy atom. The summed E-state index contributed by atoms with van der Waals surface area (Å²) in [6.07, 6.45) is 9.43. The molecule has 0 spiro atoms. The Morgan fingerprint density at radius 3 is 2.85 bits per heavy atom. The molecule has 1 fully saturated rings. The van der Waals surface area contributed by atoms with Crippen LogP contribution in [-0.4, -0.2) is 59.4 Å². The summed E-state index contributed by atoms with van der Waals surface area (Å²) in [5, 5.41) is 12.0. The molecular formula is C20H37IN6. The highest BCUT2D eigenvalue weighted by Gasteiger charge is 2.24. The molecular weight excluding hydrogens is 451 g/mol. The van der Waals surface area contributed by atoms with Gasteiger partial charge in [-0.2, -0.15) is 5.10 Å². The molecule has 0 bridgehead atoms. The van der Waals surface area contributed by atoms with Gasteiger partial charge in [-0.15, -0.1) is 24.0 Å². The summed E-state index contributed by atoms with van der Waals surface area (Å²) in [4.78, 5) is 7.05. The largest absolute Gasteiger partial charge is 0.355 e. The lowest BCUT2D eigenvalue weighted by Crippen LogP contribution is -2.51. The highest BCUT2D eigenvalue weighted by atomic mass is 127. The van der Waals surface area contributed by atoms with Gasteiger partial charge in [-0.25, -0.2) is 0 Å². The highest BCUT2D eigenvalue weighted by molar-refractivity contribution is 14.0. The van der Waals surface area contributed by atoms with Crippen LogP contribution >= 0.6 is 24.0 Å². The molecule has 2 N–H and O–H groups in total. The summed E-state index contributed by atoms with van der Waals surface area (Å²) < 4.78 is 2.10. The zero-order chi connectivity index (χ0) is 18.5. The van der Waals surface area contributed by atoms with Gasteiger partial charge in [0.25, 0.3) is 0 Å². The second kappa shape index (κ2) is 10.6. The summed E-state index contributed by atoms with van der Waals surface area (Å²) in [6, 6.07) is 1.48. The molecule has 1 aromatic heterocycles. The number of likely N-dealkylation sites (N-methyl/N-ethyl adjacent to an activating group) is 1. The van der Waals surface area contributed by atoms with E-state index < -0.39 is 0 Å². The normalized spacial score (nSPS) is 23.7. The van der Waals surface area contributed by atoms with Gasteiger partial charge >= 0.3 is 0 Å². The number of hydrogen-bond acceptors (Lipinski definition) is 3. The molecule has 1 aliphatic heterocycles. The summed E-state index contributed by atoms with van der Waals surface area (Å²) in [7, 11) is 1.87. The number of piperidine rings is 1. The van der Waals surface area contributed by atoms with Gasteiger partial charge in [0.05, 0.1) is 5.69 Å². The third kappa shape index (κ3) is 5.82. The number of likely N-dealkylation sites (tertiary alicyclic amines) is 1. The first-order valence-electron chi connectivity index (χ1n) is 10.4. The SMILES string of the molecule is CCN1CCCCC1CNC(=NC)NC1CCc2cn(C(C)C)nc2C1.I. The molecule has 0 amide bonds. The molecule has 0 saturated carbocycles. The molecule has 27 heavy (non-hydrogen) atoms. The molecule has 2 atom stereocenters. The standard InChI is InChI=1S/C20H36N6.HI/c1-5-25-11-7-6-8-18(25)13-22-20(21-4)23-17-10-9-16-14-26(15(2)3)24-19(16)12-17;/h14-15,17-18H,5-13H2,1-4H3,(H2,21,22,23);1H. The van der Waals surface area contributed by atoms with Crippen molar-refractivity contribution in [3.05, 3.63) is 17.5 Å². The van der Waals surface area contributed by atoms with Crippen LogP contribution < -0.4 is 10.6 Å². The molecule has 3 rings (SSSR count). The van der Waals surface area contributed by atoms with Gasteiger partial charge in [0, 0.05) is 44.3 Å². The maximum atomic E-state index is 4.78. The zero-order valence-electron chi connectivity index (χ0n) is 17.4. The fourth-order valence-electron chi connectivity index (χ4n) is 4.21. The Balaban J connectivity index is 0.00000261. The predicted molar refractivity (Wildman–Crippen MR) is 123 cm³/mol. The monoisotopic (exact) mass is 488 g/mol. The summed E-state index contributed by atoms with van der Waals surface area (Å²) in [5.74, 6) is 0.934. The van der Waals surface area contributed by atoms with Crippen molar-refractivity contribution in [1.29, 1.82) is 0 Å². The van der Waals surface area contributed by atoms with E-state index in [-0.39, 0.29) is 24.0 Å². The van der Waals surface area contributed by atoms with Crippen LogP contribution in [0.3, 0.4) is 0 Å². The average Bonchev–Trinajstić information content (AvgIpc) is 3.09. The van der Waals surface area contributed by atoms with E-state index in [1.807, 2.05) is 7.05 Å². The van der Waals surface area contributed by atoms with Crippen LogP contribution in [0, 0.1) is 0 Å². The summed E-state index contributed by atoms with van der Waals surface area (Å²) in [6.45, 7) is 9.99. The van der Waals surface area contributed by atoms with E-state index in [2.05, 4.69) is 52.2 Å². The Labute approximate surface area is 181 Å². The topological polar surface area (TPSA) is 57.5 Å². The number of nitrogens with zero attached hydrogens (tertiary/aromatic N) is 4. The molecule has 0 aromatic carbocycles. The average molecular weight is 488 g/mol. The molecule has 6 nitrogen and oxygen atoms in total. The van der Waals surface area contributed by atoms with Crippen LogP contribution in [0.1, 0.15) is 63.8 Å². The van der Waals surface area contributed by atoms with E-state index in [1.54, 1.807) is 0 Å². The summed E-state index contributed by atoms with van der Waals surface area (Å²) >= 11 is 0. The fraction of sp³-hybridized carbons (Fsp3) is 0.800. The van der Waals surface area contributed by atoms with Gasteiger partial charge < -0.3 is 10.6 Å². The van der Waals surface area contributed by atoms with Crippen LogP contribution in [0.4, 0.5) is 0 Å². The first-order valence-corrected chi connectivity index (χ1v) is 10.4. The van der Waals surface area contributed by atoms with Gasteiger partial charge in [-0.05, 0) is 58.2 Å². The summed E-state index contributed by atoms with van der Waals surface area (Å²) in [5.41, 5.74) is 2.67. The Morgan fingerprint density at radius 1 is 1.33 bits per heavy atom. The third-order valence-corrected chi connectivity index (χ3v) is 5.85. The van der Waals surface area contributed by atoms with Gasteiger partial charge in [0.1, 0.15) is 0 Å². The number of guanidine groups is 1. The van der Waals surface area contributed by atoms with Crippen molar-refractivity contribution in [3.8, 4) is 0 Å². The molecule has 1 aliphatic carbocycles. The van der Waals surface area contributed by atoms with Gasteiger partial charge in [0.2, 0.25) is 0 Å². The van der Waals surface area contributed by atoms with Crippen LogP contribution in [-0.2, 0) is 12.8 Å². The minimum atomic E-state index is 0. The molecule has 2 aliphatic rings. The number of nitrogens with one attached hydrogen (secondary N) is 2. The van der Waals surface area contributed by atoms with Crippen molar-refractivity contribution in [2.75, 3.05) is 26.7 Å². The molecule has 2 heterocycles. The first-order chi connectivity index (χ1) is 12.6. The zero-order valence-corrected chi connectivity index (χ0v) is 19.7. The number of fused-ring (bicyclic) bond motifs is 1. The van der Waals surface area contributed by atoms with Crippen molar-refractivity contribution in [3.63, 3.8) is 0 Å². The third-order valence-electron chi connectivity index (χ3n) is 5.85. The van der Waals surface area contributed by atoms with Crippen molar-refractivity contribution in [2.24, 2.45) is 4.99 Å². The smallest absolute Gasteiger partial charge is 0.191 e. The highest BCUT2D eigenvalue weighted by Crippen LogP contribution is 2.22. The maximum absolute atomic E-state index is 4.78. The first kappa shape index (κ1) is 22.5. The number of rotatable bonds is 5. The van der Waals surface area contributed by atoms with E-state index in [0.29, 0.717) is 18.1 Å². The van der Waals surface area contributed by atoms with Gasteiger partial charge in [-0.3, -0.25) is 14.6 Å². The molecule has 7 heteroatoms. The van der Waals surface area contributed by atoms with Crippen molar-refractivity contribution < 1.29 is 0 Å². The predicted octanol–water partition coefficient (Wildman–Crippen LogP) is 2.98. The molecule has 154 valence electrons. The lowest BCUT2D eigenvalue weighted by atomic mass is 9.94. The Kier molecular flexibility index (Phi) is 8.85. The molecule has 1 aromatic rings. The second-order valence-corrected chi connectivity index (χ2v) is 7.99. The quantitative estimate of drug-likeness (QED) is 0.380. The van der Waals surface area contributed by atoms with Crippen LogP contribution in [0.15, 0.2) is 11.2 Å². The molecule has 0 radical (unpaired) electrons. The molecule has 1 saturated heterocycles. The second-order valence-electron chi connectivity index (χ2n) is 7.99. The van der Waals surface area contributed by atoms with Crippen molar-refractivity contribution >= 4 is 29.9 Å². The van der Waals surface area contributed by atoms with Crippen molar-refractivity contribution in [2.45, 2.75) is 77.4 Å². The fourth-order valence-corrected chi connectivity index (χ4v) is 4.21. The van der Waals surface area contributed by atoms with Crippen LogP contribution in [0.2, 0.25) is 0 Å². The van der Waals surface area contributed by atoms with Crippen molar-refractivity contribution in [1.82, 2.24) is 25.3 Å². The number of hydrogen-bond donors (Lipinski definition) is 2. The van der Waals surface area contributed by atoms with Crippen LogP contribution in [0.25, 0.3) is 0 Å². The number of aliphatic imine (C=N–C) groups is 1. The van der Waals surface area contributed by atoms with E-state index in [4.69, 9.17) is 5.10 Å². The Bertz CT molecular complexity index is 612. The van der Waals surface area contributed by atoms with Gasteiger partial charge in [0.15, 0.2) is 5.96 Å².